The quantitative estimate of drug-likeness (QED) is 0.394. The van der Waals surface area contributed by atoms with Crippen molar-refractivity contribution in [1.29, 1.82) is 0 Å². The maximum atomic E-state index is 3.92. The summed E-state index contributed by atoms with van der Waals surface area (Å²) in [6.07, 6.45) is 3.86. The maximum Gasteiger partial charge on any atom is 0.119 e. The highest BCUT2D eigenvalue weighted by Crippen LogP contribution is 1.72. The van der Waals surface area contributed by atoms with Crippen LogP contribution in [0.15, 0.2) is 17.1 Å². The van der Waals surface area contributed by atoms with Gasteiger partial charge in [-0.2, -0.15) is 0 Å². The Kier molecular flexibility index (Phi) is 3.94. The summed E-state index contributed by atoms with van der Waals surface area (Å²) in [7, 11) is 3.61. The van der Waals surface area contributed by atoms with Crippen molar-refractivity contribution in [2.45, 2.75) is 6.92 Å². The fourth-order valence-corrected chi connectivity index (χ4v) is 0.428. The third kappa shape index (κ3) is 2.39. The highest BCUT2D eigenvalue weighted by molar-refractivity contribution is 5.92. The highest BCUT2D eigenvalue weighted by atomic mass is 14.9. The van der Waals surface area contributed by atoms with Gasteiger partial charge in [0, 0.05) is 14.1 Å². The molecule has 0 atom stereocenters. The summed E-state index contributed by atoms with van der Waals surface area (Å²) in [5.74, 6) is 0.910. The fourth-order valence-electron chi connectivity index (χ4n) is 0.428. The predicted octanol–water partition coefficient (Wildman–Crippen LogP) is 0.810. The van der Waals surface area contributed by atoms with Gasteiger partial charge in [-0.3, -0.25) is 4.99 Å². The highest BCUT2D eigenvalue weighted by Gasteiger charge is 1.79. The van der Waals surface area contributed by atoms with Crippen LogP contribution in [-0.2, 0) is 0 Å². The van der Waals surface area contributed by atoms with Crippen LogP contribution in [0.2, 0.25) is 0 Å². The lowest BCUT2D eigenvalue weighted by molar-refractivity contribution is 1.16. The third-order valence-corrected chi connectivity index (χ3v) is 0.822. The largest absolute Gasteiger partial charge is 0.373 e. The van der Waals surface area contributed by atoms with Crippen molar-refractivity contribution in [2.75, 3.05) is 14.1 Å². The molecule has 8 heavy (non-hydrogen) atoms. The number of aliphatic imine (C=N–C) groups is 1. The minimum atomic E-state index is 0.910. The van der Waals surface area contributed by atoms with Crippen LogP contribution in [0.4, 0.5) is 0 Å². The van der Waals surface area contributed by atoms with E-state index in [0.29, 0.717) is 0 Å². The lowest BCUT2D eigenvalue weighted by Gasteiger charge is -1.93. The number of amidine groups is 1. The molecular weight excluding hydrogens is 100 g/mol. The van der Waals surface area contributed by atoms with E-state index in [9.17, 15) is 0 Å². The molecule has 0 bridgehead atoms. The average molecular weight is 112 g/mol. The Hall–Kier alpha value is -0.790. The topological polar surface area (TPSA) is 24.4 Å². The lowest BCUT2D eigenvalue weighted by Crippen LogP contribution is -2.14. The molecule has 0 amide bonds. The summed E-state index contributed by atoms with van der Waals surface area (Å²) in [4.78, 5) is 3.92. The molecule has 2 nitrogen and oxygen atoms in total. The zero-order valence-electron chi connectivity index (χ0n) is 5.60. The SMILES string of the molecule is C/C=C\C(=N/C)NC. The molecule has 0 saturated carbocycles. The van der Waals surface area contributed by atoms with Crippen LogP contribution in [0.1, 0.15) is 6.92 Å². The molecule has 0 saturated heterocycles. The second kappa shape index (κ2) is 4.37. The lowest BCUT2D eigenvalue weighted by atomic mass is 10.5. The number of likely N-dealkylation sites (N-methyl/N-ethyl adjacent to an activating group) is 1. The molecule has 46 valence electrons. The number of nitrogens with one attached hydrogen (secondary N) is 1. The Labute approximate surface area is 50.3 Å². The van der Waals surface area contributed by atoms with Gasteiger partial charge in [-0.05, 0) is 13.0 Å². The maximum absolute atomic E-state index is 3.92. The van der Waals surface area contributed by atoms with Crippen molar-refractivity contribution in [3.8, 4) is 0 Å². The van der Waals surface area contributed by atoms with Crippen molar-refractivity contribution >= 4 is 5.84 Å². The molecule has 0 radical (unpaired) electrons. The minimum Gasteiger partial charge on any atom is -0.373 e. The van der Waals surface area contributed by atoms with E-state index >= 15 is 0 Å². The van der Waals surface area contributed by atoms with Crippen LogP contribution in [0.25, 0.3) is 0 Å². The number of hydrogen-bond donors (Lipinski definition) is 1. The molecule has 0 aromatic carbocycles. The summed E-state index contributed by atoms with van der Waals surface area (Å²) >= 11 is 0. The van der Waals surface area contributed by atoms with E-state index in [1.165, 1.54) is 0 Å². The first-order valence-corrected chi connectivity index (χ1v) is 2.62. The Morgan fingerprint density at radius 1 is 1.62 bits per heavy atom. The average Bonchev–Trinajstić information content (AvgIpc) is 1.83. The molecule has 0 aliphatic heterocycles. The van der Waals surface area contributed by atoms with E-state index in [2.05, 4.69) is 10.3 Å². The van der Waals surface area contributed by atoms with Gasteiger partial charge in [0.1, 0.15) is 5.84 Å². The van der Waals surface area contributed by atoms with E-state index in [0.717, 1.165) is 5.84 Å². The van der Waals surface area contributed by atoms with Crippen molar-refractivity contribution < 1.29 is 0 Å². The van der Waals surface area contributed by atoms with Gasteiger partial charge < -0.3 is 5.32 Å². The molecule has 0 heterocycles. The van der Waals surface area contributed by atoms with Crippen LogP contribution >= 0.6 is 0 Å². The van der Waals surface area contributed by atoms with Crippen LogP contribution in [0.3, 0.4) is 0 Å². The van der Waals surface area contributed by atoms with Gasteiger partial charge in [0.2, 0.25) is 0 Å². The molecule has 0 aliphatic carbocycles. The summed E-state index contributed by atoms with van der Waals surface area (Å²) in [5.41, 5.74) is 0. The number of rotatable bonds is 1. The van der Waals surface area contributed by atoms with E-state index in [1.54, 1.807) is 7.05 Å². The first kappa shape index (κ1) is 7.21. The molecule has 0 fully saturated rings. The Bertz CT molecular complexity index is 100. The van der Waals surface area contributed by atoms with E-state index in [-0.39, 0.29) is 0 Å². The van der Waals surface area contributed by atoms with Crippen LogP contribution in [0, 0.1) is 0 Å². The predicted molar refractivity (Wildman–Crippen MR) is 37.2 cm³/mol. The van der Waals surface area contributed by atoms with Crippen molar-refractivity contribution in [1.82, 2.24) is 5.32 Å². The Morgan fingerprint density at radius 2 is 2.25 bits per heavy atom. The molecule has 0 aromatic rings. The number of nitrogens with zero attached hydrogens (tertiary/aromatic N) is 1. The monoisotopic (exact) mass is 112 g/mol. The van der Waals surface area contributed by atoms with Gasteiger partial charge in [-0.1, -0.05) is 6.08 Å². The molecule has 0 spiro atoms. The first-order valence-electron chi connectivity index (χ1n) is 2.62. The second-order valence-electron chi connectivity index (χ2n) is 1.36. The summed E-state index contributed by atoms with van der Waals surface area (Å²) in [5, 5.41) is 2.92. The summed E-state index contributed by atoms with van der Waals surface area (Å²) in [6, 6.07) is 0. The van der Waals surface area contributed by atoms with Crippen LogP contribution in [-0.4, -0.2) is 19.9 Å². The fraction of sp³-hybridized carbons (Fsp3) is 0.500. The normalized spacial score (nSPS) is 12.6. The molecule has 2 heteroatoms. The van der Waals surface area contributed by atoms with Crippen molar-refractivity contribution in [3.05, 3.63) is 12.2 Å². The third-order valence-electron chi connectivity index (χ3n) is 0.822. The molecule has 0 unspecified atom stereocenters. The Morgan fingerprint density at radius 3 is 2.38 bits per heavy atom. The van der Waals surface area contributed by atoms with Crippen molar-refractivity contribution in [3.63, 3.8) is 0 Å². The van der Waals surface area contributed by atoms with Gasteiger partial charge >= 0.3 is 0 Å². The molecule has 1 N–H and O–H groups in total. The van der Waals surface area contributed by atoms with Gasteiger partial charge in [-0.25, -0.2) is 0 Å². The number of hydrogen-bond acceptors (Lipinski definition) is 1. The van der Waals surface area contributed by atoms with Crippen LogP contribution < -0.4 is 5.32 Å². The standard InChI is InChI=1S/C6H12N2/c1-4-5-6(7-2)8-3/h4-5H,1-3H3,(H,7,8)/b5-4-. The minimum absolute atomic E-state index is 0.910. The van der Waals surface area contributed by atoms with Crippen LogP contribution in [0.5, 0.6) is 0 Å². The van der Waals surface area contributed by atoms with E-state index < -0.39 is 0 Å². The Balaban J connectivity index is 3.72. The van der Waals surface area contributed by atoms with Gasteiger partial charge in [0.25, 0.3) is 0 Å². The van der Waals surface area contributed by atoms with E-state index in [4.69, 9.17) is 0 Å². The van der Waals surface area contributed by atoms with Crippen molar-refractivity contribution in [2.24, 2.45) is 4.99 Å². The molecule has 0 rings (SSSR count). The van der Waals surface area contributed by atoms with E-state index in [1.807, 2.05) is 26.1 Å². The van der Waals surface area contributed by atoms with Gasteiger partial charge in [0.05, 0.1) is 0 Å². The van der Waals surface area contributed by atoms with Gasteiger partial charge in [-0.15, -0.1) is 0 Å². The zero-order chi connectivity index (χ0) is 6.41. The number of allylic oxidation sites excluding steroid dienone is 1. The smallest absolute Gasteiger partial charge is 0.119 e. The van der Waals surface area contributed by atoms with Gasteiger partial charge in [0.15, 0.2) is 0 Å². The first-order chi connectivity index (χ1) is 3.85. The molecule has 0 aromatic heterocycles. The summed E-state index contributed by atoms with van der Waals surface area (Å²) < 4.78 is 0. The molecule has 0 aliphatic rings. The molecular formula is C6H12N2. The zero-order valence-corrected chi connectivity index (χ0v) is 5.60. The second-order valence-corrected chi connectivity index (χ2v) is 1.36. The summed E-state index contributed by atoms with van der Waals surface area (Å²) in [6.45, 7) is 1.96.